The highest BCUT2D eigenvalue weighted by Crippen LogP contribution is 2.19. The Kier molecular flexibility index (Phi) is 2.72. The zero-order chi connectivity index (χ0) is 9.35. The van der Waals surface area contributed by atoms with Gasteiger partial charge in [0, 0.05) is 39.7 Å². The van der Waals surface area contributed by atoms with E-state index in [0.717, 1.165) is 0 Å². The fraction of sp³-hybridized carbons (Fsp3) is 1.00. The lowest BCUT2D eigenvalue weighted by molar-refractivity contribution is 0.113. The van der Waals surface area contributed by atoms with Gasteiger partial charge in [-0.25, -0.2) is 0 Å². The first-order chi connectivity index (χ1) is 5.48. The van der Waals surface area contributed by atoms with Crippen molar-refractivity contribution < 1.29 is 13.5 Å². The Morgan fingerprint density at radius 1 is 1.50 bits per heavy atom. The third-order valence-corrected chi connectivity index (χ3v) is 3.84. The number of hydrogen-bond acceptors (Lipinski definition) is 3. The molecule has 0 aromatic heterocycles. The summed E-state index contributed by atoms with van der Waals surface area (Å²) in [6, 6.07) is 0. The Balaban J connectivity index is 2.53. The molecule has 5 nitrogen and oxygen atoms in total. The van der Waals surface area contributed by atoms with Gasteiger partial charge in [0.1, 0.15) is 0 Å². The highest BCUT2D eigenvalue weighted by molar-refractivity contribution is 7.86. The Morgan fingerprint density at radius 3 is 2.33 bits per heavy atom. The molecule has 0 amide bonds. The average Bonchev–Trinajstić information content (AvgIpc) is 1.84. The van der Waals surface area contributed by atoms with Gasteiger partial charge >= 0.3 is 0 Å². The Morgan fingerprint density at radius 2 is 2.00 bits per heavy atom. The number of rotatable bonds is 3. The van der Waals surface area contributed by atoms with Crippen LogP contribution in [0.25, 0.3) is 0 Å². The van der Waals surface area contributed by atoms with E-state index >= 15 is 0 Å². The second-order valence-electron chi connectivity index (χ2n) is 3.16. The zero-order valence-corrected chi connectivity index (χ0v) is 8.08. The molecule has 1 rings (SSSR count). The van der Waals surface area contributed by atoms with E-state index in [0.29, 0.717) is 13.1 Å². The smallest absolute Gasteiger partial charge is 0.281 e. The summed E-state index contributed by atoms with van der Waals surface area (Å²) in [6.45, 7) is 0.952. The summed E-state index contributed by atoms with van der Waals surface area (Å²) < 4.78 is 25.2. The van der Waals surface area contributed by atoms with E-state index < -0.39 is 10.2 Å². The Bertz CT molecular complexity index is 244. The normalized spacial score (nSPS) is 21.3. The van der Waals surface area contributed by atoms with Crippen LogP contribution in [0.1, 0.15) is 0 Å². The first-order valence-electron chi connectivity index (χ1n) is 3.77. The molecule has 0 unspecified atom stereocenters. The zero-order valence-electron chi connectivity index (χ0n) is 7.27. The molecular weight excluding hydrogens is 180 g/mol. The van der Waals surface area contributed by atoms with Gasteiger partial charge < -0.3 is 5.11 Å². The molecule has 1 fully saturated rings. The molecule has 1 aliphatic rings. The summed E-state index contributed by atoms with van der Waals surface area (Å²) in [5.74, 6) is 0.125. The van der Waals surface area contributed by atoms with Gasteiger partial charge in [-0.2, -0.15) is 17.0 Å². The van der Waals surface area contributed by atoms with E-state index in [2.05, 4.69) is 0 Å². The van der Waals surface area contributed by atoms with Gasteiger partial charge in [-0.3, -0.25) is 0 Å². The Labute approximate surface area is 72.8 Å². The second-order valence-corrected chi connectivity index (χ2v) is 5.30. The lowest BCUT2D eigenvalue weighted by Gasteiger charge is -2.38. The maximum absolute atomic E-state index is 11.3. The van der Waals surface area contributed by atoms with Gasteiger partial charge in [-0.05, 0) is 0 Å². The van der Waals surface area contributed by atoms with Crippen LogP contribution < -0.4 is 0 Å². The van der Waals surface area contributed by atoms with Crippen molar-refractivity contribution in [2.24, 2.45) is 5.92 Å². The van der Waals surface area contributed by atoms with E-state index in [1.165, 1.54) is 22.7 Å². The minimum Gasteiger partial charge on any atom is -0.396 e. The summed E-state index contributed by atoms with van der Waals surface area (Å²) >= 11 is 0. The van der Waals surface area contributed by atoms with Gasteiger partial charge in [0.05, 0.1) is 0 Å². The first-order valence-corrected chi connectivity index (χ1v) is 5.16. The van der Waals surface area contributed by atoms with Gasteiger partial charge in [-0.15, -0.1) is 0 Å². The first kappa shape index (κ1) is 9.91. The summed E-state index contributed by atoms with van der Waals surface area (Å²) in [7, 11) is -0.224. The molecule has 0 aromatic carbocycles. The van der Waals surface area contributed by atoms with Crippen LogP contribution in [0.5, 0.6) is 0 Å². The molecule has 1 heterocycles. The van der Waals surface area contributed by atoms with Crippen molar-refractivity contribution >= 4 is 10.2 Å². The largest absolute Gasteiger partial charge is 0.396 e. The lowest BCUT2D eigenvalue weighted by Crippen LogP contribution is -2.54. The number of aliphatic hydroxyl groups is 1. The van der Waals surface area contributed by atoms with E-state index in [1.807, 2.05) is 0 Å². The van der Waals surface area contributed by atoms with Crippen molar-refractivity contribution in [3.05, 3.63) is 0 Å². The summed E-state index contributed by atoms with van der Waals surface area (Å²) in [5, 5.41) is 8.67. The fourth-order valence-corrected chi connectivity index (χ4v) is 2.32. The Hall–Kier alpha value is -0.170. The maximum atomic E-state index is 11.3. The molecule has 0 atom stereocenters. The van der Waals surface area contributed by atoms with Crippen LogP contribution in [-0.4, -0.2) is 55.9 Å². The molecule has 1 saturated heterocycles. The third kappa shape index (κ3) is 1.61. The molecule has 72 valence electrons. The van der Waals surface area contributed by atoms with Gasteiger partial charge in [0.15, 0.2) is 0 Å². The predicted molar refractivity (Wildman–Crippen MR) is 44.8 cm³/mol. The van der Waals surface area contributed by atoms with Crippen LogP contribution >= 0.6 is 0 Å². The van der Waals surface area contributed by atoms with Crippen molar-refractivity contribution in [1.82, 2.24) is 8.61 Å². The van der Waals surface area contributed by atoms with Gasteiger partial charge in [0.25, 0.3) is 10.2 Å². The van der Waals surface area contributed by atoms with E-state index in [-0.39, 0.29) is 12.5 Å². The molecule has 0 radical (unpaired) electrons. The molecule has 0 aromatic rings. The van der Waals surface area contributed by atoms with Crippen molar-refractivity contribution in [1.29, 1.82) is 0 Å². The van der Waals surface area contributed by atoms with Crippen LogP contribution in [0.2, 0.25) is 0 Å². The molecule has 0 saturated carbocycles. The second kappa shape index (κ2) is 3.29. The monoisotopic (exact) mass is 194 g/mol. The van der Waals surface area contributed by atoms with Gasteiger partial charge in [0.2, 0.25) is 0 Å². The number of hydrogen-bond donors (Lipinski definition) is 1. The molecule has 12 heavy (non-hydrogen) atoms. The minimum absolute atomic E-state index is 0.0689. The standard InChI is InChI=1S/C6H14N2O3S/c1-7(2)12(10,11)8-3-6(4-8)5-9/h6,9H,3-5H2,1-2H3. The molecule has 1 aliphatic heterocycles. The highest BCUT2D eigenvalue weighted by atomic mass is 32.2. The minimum atomic E-state index is -3.23. The number of nitrogens with zero attached hydrogens (tertiary/aromatic N) is 2. The topological polar surface area (TPSA) is 60.9 Å². The van der Waals surface area contributed by atoms with Crippen LogP contribution in [0.15, 0.2) is 0 Å². The highest BCUT2D eigenvalue weighted by Gasteiger charge is 2.36. The average molecular weight is 194 g/mol. The predicted octanol–water partition coefficient (Wildman–Crippen LogP) is -1.28. The molecule has 1 N–H and O–H groups in total. The molecule has 6 heteroatoms. The molecule has 0 aliphatic carbocycles. The van der Waals surface area contributed by atoms with Gasteiger partial charge in [-0.1, -0.05) is 0 Å². The van der Waals surface area contributed by atoms with Crippen LogP contribution in [0, 0.1) is 5.92 Å². The lowest BCUT2D eigenvalue weighted by atomic mass is 10.1. The van der Waals surface area contributed by atoms with Crippen LogP contribution in [0.3, 0.4) is 0 Å². The van der Waals surface area contributed by atoms with E-state index in [4.69, 9.17) is 5.11 Å². The molecule has 0 spiro atoms. The number of aliphatic hydroxyl groups excluding tert-OH is 1. The molecule has 0 bridgehead atoms. The van der Waals surface area contributed by atoms with Crippen molar-refractivity contribution in [3.8, 4) is 0 Å². The van der Waals surface area contributed by atoms with Crippen LogP contribution in [-0.2, 0) is 10.2 Å². The summed E-state index contributed by atoms with van der Waals surface area (Å²) in [5.41, 5.74) is 0. The molecular formula is C6H14N2O3S. The summed E-state index contributed by atoms with van der Waals surface area (Å²) in [4.78, 5) is 0. The van der Waals surface area contributed by atoms with Crippen molar-refractivity contribution in [2.45, 2.75) is 0 Å². The van der Waals surface area contributed by atoms with Crippen molar-refractivity contribution in [2.75, 3.05) is 33.8 Å². The van der Waals surface area contributed by atoms with Crippen LogP contribution in [0.4, 0.5) is 0 Å². The summed E-state index contributed by atoms with van der Waals surface area (Å²) in [6.07, 6.45) is 0. The maximum Gasteiger partial charge on any atom is 0.281 e. The SMILES string of the molecule is CN(C)S(=O)(=O)N1CC(CO)C1. The van der Waals surface area contributed by atoms with E-state index in [1.54, 1.807) is 0 Å². The fourth-order valence-electron chi connectivity index (χ4n) is 1.06. The van der Waals surface area contributed by atoms with E-state index in [9.17, 15) is 8.42 Å². The quantitative estimate of drug-likeness (QED) is 0.608. The van der Waals surface area contributed by atoms with Crippen molar-refractivity contribution in [3.63, 3.8) is 0 Å². The third-order valence-electron chi connectivity index (χ3n) is 1.97.